The number of benzene rings is 1. The number of nitrogens with zero attached hydrogens (tertiary/aromatic N) is 2. The number of carbonyl (C=O) groups is 1. The van der Waals surface area contributed by atoms with Crippen LogP contribution in [-0.4, -0.2) is 22.3 Å². The number of aryl methyl sites for hydroxylation is 1. The molecule has 6 nitrogen and oxygen atoms in total. The highest BCUT2D eigenvalue weighted by Crippen LogP contribution is 2.21. The van der Waals surface area contributed by atoms with Crippen molar-refractivity contribution in [2.45, 2.75) is 6.92 Å². The number of rotatable bonds is 4. The number of nitrogen functional groups attached to an aromatic ring is 1. The first-order chi connectivity index (χ1) is 9.13. The van der Waals surface area contributed by atoms with Gasteiger partial charge in [0.1, 0.15) is 5.75 Å². The fourth-order valence-corrected chi connectivity index (χ4v) is 1.72. The van der Waals surface area contributed by atoms with E-state index >= 15 is 0 Å². The van der Waals surface area contributed by atoms with Crippen LogP contribution in [0.3, 0.4) is 0 Å². The standard InChI is InChI=1S/C13H16N4O2/c1-3-19-11-7-5-4-6-9(11)13(18)16-12-10(14)8-15-17(12)2/h4-8H,3,14H2,1-2H3,(H,16,18). The fourth-order valence-electron chi connectivity index (χ4n) is 1.72. The van der Waals surface area contributed by atoms with Gasteiger partial charge in [0.2, 0.25) is 0 Å². The number of para-hydroxylation sites is 1. The summed E-state index contributed by atoms with van der Waals surface area (Å²) in [6.45, 7) is 2.37. The third kappa shape index (κ3) is 2.67. The van der Waals surface area contributed by atoms with Crippen molar-refractivity contribution in [2.75, 3.05) is 17.7 Å². The predicted molar refractivity (Wildman–Crippen MR) is 73.2 cm³/mol. The molecule has 1 aromatic heterocycles. The van der Waals surface area contributed by atoms with E-state index < -0.39 is 0 Å². The maximum absolute atomic E-state index is 12.2. The molecular weight excluding hydrogens is 244 g/mol. The molecule has 19 heavy (non-hydrogen) atoms. The predicted octanol–water partition coefficient (Wildman–Crippen LogP) is 1.65. The Hall–Kier alpha value is -2.50. The highest BCUT2D eigenvalue weighted by Gasteiger charge is 2.15. The molecule has 1 aromatic carbocycles. The lowest BCUT2D eigenvalue weighted by Crippen LogP contribution is -2.16. The van der Waals surface area contributed by atoms with Crippen molar-refractivity contribution >= 4 is 17.4 Å². The van der Waals surface area contributed by atoms with Crippen molar-refractivity contribution in [3.05, 3.63) is 36.0 Å². The highest BCUT2D eigenvalue weighted by molar-refractivity contribution is 6.06. The SMILES string of the molecule is CCOc1ccccc1C(=O)Nc1c(N)cnn1C. The lowest BCUT2D eigenvalue weighted by Gasteiger charge is -2.10. The van der Waals surface area contributed by atoms with E-state index in [0.717, 1.165) is 0 Å². The molecule has 2 aromatic rings. The third-order valence-corrected chi connectivity index (χ3v) is 2.63. The summed E-state index contributed by atoms with van der Waals surface area (Å²) in [4.78, 5) is 12.2. The molecule has 2 rings (SSSR count). The van der Waals surface area contributed by atoms with Crippen molar-refractivity contribution in [2.24, 2.45) is 7.05 Å². The molecule has 0 saturated heterocycles. The fraction of sp³-hybridized carbons (Fsp3) is 0.231. The number of aromatic nitrogens is 2. The zero-order valence-corrected chi connectivity index (χ0v) is 10.9. The molecule has 0 aliphatic rings. The summed E-state index contributed by atoms with van der Waals surface area (Å²) in [6, 6.07) is 7.06. The molecule has 0 bridgehead atoms. The Labute approximate surface area is 111 Å². The van der Waals surface area contributed by atoms with Crippen LogP contribution < -0.4 is 15.8 Å². The van der Waals surface area contributed by atoms with Gasteiger partial charge in [-0.05, 0) is 19.1 Å². The average molecular weight is 260 g/mol. The first-order valence-electron chi connectivity index (χ1n) is 5.94. The van der Waals surface area contributed by atoms with Crippen LogP contribution in [0, 0.1) is 0 Å². The molecule has 0 unspecified atom stereocenters. The van der Waals surface area contributed by atoms with Crippen LogP contribution >= 0.6 is 0 Å². The van der Waals surface area contributed by atoms with Crippen LogP contribution in [0.5, 0.6) is 5.75 Å². The number of ether oxygens (including phenoxy) is 1. The number of carbonyl (C=O) groups excluding carboxylic acids is 1. The minimum absolute atomic E-state index is 0.278. The van der Waals surface area contributed by atoms with E-state index in [0.29, 0.717) is 29.4 Å². The Morgan fingerprint density at radius 2 is 2.21 bits per heavy atom. The number of nitrogens with one attached hydrogen (secondary N) is 1. The molecule has 1 heterocycles. The summed E-state index contributed by atoms with van der Waals surface area (Å²) in [7, 11) is 1.71. The minimum Gasteiger partial charge on any atom is -0.493 e. The highest BCUT2D eigenvalue weighted by atomic mass is 16.5. The number of hydrogen-bond donors (Lipinski definition) is 2. The van der Waals surface area contributed by atoms with Gasteiger partial charge in [0.25, 0.3) is 5.91 Å². The average Bonchev–Trinajstić information content (AvgIpc) is 2.71. The van der Waals surface area contributed by atoms with Crippen LogP contribution in [0.2, 0.25) is 0 Å². The van der Waals surface area contributed by atoms with E-state index in [-0.39, 0.29) is 5.91 Å². The van der Waals surface area contributed by atoms with Crippen LogP contribution in [-0.2, 0) is 7.05 Å². The van der Waals surface area contributed by atoms with Gasteiger partial charge in [-0.25, -0.2) is 0 Å². The normalized spacial score (nSPS) is 10.2. The Kier molecular flexibility index (Phi) is 3.70. The van der Waals surface area contributed by atoms with E-state index in [4.69, 9.17) is 10.5 Å². The Balaban J connectivity index is 2.25. The zero-order chi connectivity index (χ0) is 13.8. The van der Waals surface area contributed by atoms with E-state index in [1.165, 1.54) is 10.9 Å². The van der Waals surface area contributed by atoms with Gasteiger partial charge >= 0.3 is 0 Å². The van der Waals surface area contributed by atoms with E-state index in [9.17, 15) is 4.79 Å². The van der Waals surface area contributed by atoms with Crippen molar-refractivity contribution in [3.63, 3.8) is 0 Å². The molecule has 100 valence electrons. The summed E-state index contributed by atoms with van der Waals surface area (Å²) >= 11 is 0. The summed E-state index contributed by atoms with van der Waals surface area (Å²) in [6.07, 6.45) is 1.49. The van der Waals surface area contributed by atoms with Gasteiger partial charge in [-0.3, -0.25) is 9.48 Å². The number of nitrogens with two attached hydrogens (primary N) is 1. The first kappa shape index (κ1) is 12.9. The van der Waals surface area contributed by atoms with Gasteiger partial charge in [-0.1, -0.05) is 12.1 Å². The third-order valence-electron chi connectivity index (χ3n) is 2.63. The van der Waals surface area contributed by atoms with Gasteiger partial charge in [-0.15, -0.1) is 0 Å². The van der Waals surface area contributed by atoms with Crippen molar-refractivity contribution in [1.82, 2.24) is 9.78 Å². The van der Waals surface area contributed by atoms with Gasteiger partial charge in [0.15, 0.2) is 5.82 Å². The Morgan fingerprint density at radius 3 is 2.84 bits per heavy atom. The number of anilines is 2. The van der Waals surface area contributed by atoms with Gasteiger partial charge < -0.3 is 15.8 Å². The van der Waals surface area contributed by atoms with Crippen LogP contribution in [0.1, 0.15) is 17.3 Å². The van der Waals surface area contributed by atoms with Gasteiger partial charge in [0.05, 0.1) is 24.1 Å². The molecule has 1 amide bonds. The molecule has 0 fully saturated rings. The maximum atomic E-state index is 12.2. The summed E-state index contributed by atoms with van der Waals surface area (Å²) in [5.74, 6) is 0.735. The topological polar surface area (TPSA) is 82.2 Å². The molecule has 3 N–H and O–H groups in total. The van der Waals surface area contributed by atoms with Crippen molar-refractivity contribution < 1.29 is 9.53 Å². The zero-order valence-electron chi connectivity index (χ0n) is 10.9. The smallest absolute Gasteiger partial charge is 0.260 e. The van der Waals surface area contributed by atoms with Gasteiger partial charge in [-0.2, -0.15) is 5.10 Å². The quantitative estimate of drug-likeness (QED) is 0.875. The summed E-state index contributed by atoms with van der Waals surface area (Å²) in [5, 5.41) is 6.70. The molecular formula is C13H16N4O2. The second kappa shape index (κ2) is 5.43. The molecule has 0 aliphatic heterocycles. The van der Waals surface area contributed by atoms with E-state index in [1.807, 2.05) is 13.0 Å². The second-order valence-electron chi connectivity index (χ2n) is 3.96. The summed E-state index contributed by atoms with van der Waals surface area (Å²) in [5.41, 5.74) is 6.62. The van der Waals surface area contributed by atoms with Crippen LogP contribution in [0.15, 0.2) is 30.5 Å². The second-order valence-corrected chi connectivity index (χ2v) is 3.96. The number of amides is 1. The Bertz CT molecular complexity index is 573. The molecule has 0 radical (unpaired) electrons. The summed E-state index contributed by atoms with van der Waals surface area (Å²) < 4.78 is 6.93. The minimum atomic E-state index is -0.278. The molecule has 0 saturated carbocycles. The van der Waals surface area contributed by atoms with Gasteiger partial charge in [0, 0.05) is 7.05 Å². The lowest BCUT2D eigenvalue weighted by atomic mass is 10.2. The van der Waals surface area contributed by atoms with E-state index in [1.54, 1.807) is 25.2 Å². The monoisotopic (exact) mass is 260 g/mol. The molecule has 0 atom stereocenters. The molecule has 0 spiro atoms. The van der Waals surface area contributed by atoms with E-state index in [2.05, 4.69) is 10.4 Å². The molecule has 6 heteroatoms. The van der Waals surface area contributed by atoms with Crippen molar-refractivity contribution in [3.8, 4) is 5.75 Å². The van der Waals surface area contributed by atoms with Crippen molar-refractivity contribution in [1.29, 1.82) is 0 Å². The maximum Gasteiger partial charge on any atom is 0.260 e. The largest absolute Gasteiger partial charge is 0.493 e. The first-order valence-corrected chi connectivity index (χ1v) is 5.94. The molecule has 0 aliphatic carbocycles. The Morgan fingerprint density at radius 1 is 1.47 bits per heavy atom. The lowest BCUT2D eigenvalue weighted by molar-refractivity contribution is 0.102. The van der Waals surface area contributed by atoms with Crippen LogP contribution in [0.25, 0.3) is 0 Å². The number of hydrogen-bond acceptors (Lipinski definition) is 4. The van der Waals surface area contributed by atoms with Crippen LogP contribution in [0.4, 0.5) is 11.5 Å².